The monoisotopic (exact) mass is 328 g/mol. The van der Waals surface area contributed by atoms with Crippen LogP contribution in [-0.2, 0) is 11.3 Å². The lowest BCUT2D eigenvalue weighted by Gasteiger charge is -2.01. The van der Waals surface area contributed by atoms with Crippen LogP contribution in [0, 0.1) is 13.8 Å². The van der Waals surface area contributed by atoms with Crippen molar-refractivity contribution in [1.82, 2.24) is 14.8 Å². The van der Waals surface area contributed by atoms with Crippen molar-refractivity contribution in [2.24, 2.45) is 0 Å². The first-order chi connectivity index (χ1) is 8.54. The average molecular weight is 329 g/mol. The second-order valence-corrected chi connectivity index (χ2v) is 6.00. The minimum absolute atomic E-state index is 0.0460. The van der Waals surface area contributed by atoms with Crippen molar-refractivity contribution in [2.75, 3.05) is 5.32 Å². The zero-order valence-corrected chi connectivity index (χ0v) is 12.5. The van der Waals surface area contributed by atoms with Gasteiger partial charge in [-0.2, -0.15) is 5.10 Å². The van der Waals surface area contributed by atoms with E-state index in [9.17, 15) is 4.79 Å². The Hall–Kier alpha value is -1.21. The van der Waals surface area contributed by atoms with Crippen LogP contribution in [0.4, 0.5) is 5.13 Å². The molecule has 0 saturated heterocycles. The van der Waals surface area contributed by atoms with E-state index in [-0.39, 0.29) is 5.91 Å². The number of hydrogen-bond donors (Lipinski definition) is 1. The van der Waals surface area contributed by atoms with Crippen LogP contribution in [0.1, 0.15) is 17.0 Å². The molecule has 0 saturated carbocycles. The van der Waals surface area contributed by atoms with Crippen LogP contribution in [0.2, 0.25) is 0 Å². The molecule has 0 radical (unpaired) electrons. The number of aryl methyl sites for hydroxylation is 3. The molecule has 18 heavy (non-hydrogen) atoms. The minimum Gasteiger partial charge on any atom is -0.302 e. The Labute approximate surface area is 117 Å². The molecule has 2 aromatic heterocycles. The van der Waals surface area contributed by atoms with Gasteiger partial charge in [-0.15, -0.1) is 11.3 Å². The molecule has 96 valence electrons. The first-order valence-corrected chi connectivity index (χ1v) is 7.07. The number of aromatic nitrogens is 3. The summed E-state index contributed by atoms with van der Waals surface area (Å²) in [5.74, 6) is -0.0460. The van der Waals surface area contributed by atoms with Crippen LogP contribution < -0.4 is 5.32 Å². The lowest BCUT2D eigenvalue weighted by Crippen LogP contribution is -2.14. The number of nitrogens with one attached hydrogen (secondary N) is 1. The van der Waals surface area contributed by atoms with E-state index < -0.39 is 0 Å². The van der Waals surface area contributed by atoms with Gasteiger partial charge in [0, 0.05) is 24.0 Å². The highest BCUT2D eigenvalue weighted by Gasteiger charge is 2.08. The van der Waals surface area contributed by atoms with Gasteiger partial charge in [-0.3, -0.25) is 9.48 Å². The van der Waals surface area contributed by atoms with Gasteiger partial charge in [0.15, 0.2) is 5.13 Å². The fraction of sp³-hybridized carbons (Fsp3) is 0.364. The number of amides is 1. The largest absolute Gasteiger partial charge is 0.302 e. The normalized spacial score (nSPS) is 10.6. The molecule has 5 nitrogen and oxygen atoms in total. The smallest absolute Gasteiger partial charge is 0.228 e. The third-order valence-corrected chi connectivity index (χ3v) is 3.84. The summed E-state index contributed by atoms with van der Waals surface area (Å²) in [7, 11) is 0. The van der Waals surface area contributed by atoms with Gasteiger partial charge in [-0.1, -0.05) is 0 Å². The predicted octanol–water partition coefficient (Wildman–Crippen LogP) is 2.75. The van der Waals surface area contributed by atoms with Crippen LogP contribution in [0.5, 0.6) is 0 Å². The lowest BCUT2D eigenvalue weighted by molar-refractivity contribution is -0.116. The highest BCUT2D eigenvalue weighted by Crippen LogP contribution is 2.21. The molecule has 1 N–H and O–H groups in total. The van der Waals surface area contributed by atoms with Gasteiger partial charge in [-0.25, -0.2) is 4.98 Å². The quantitative estimate of drug-likeness (QED) is 0.938. The molecular formula is C11H13BrN4OS. The number of thiazole rings is 1. The Kier molecular flexibility index (Phi) is 4.13. The van der Waals surface area contributed by atoms with Crippen molar-refractivity contribution in [3.63, 3.8) is 0 Å². The van der Waals surface area contributed by atoms with Crippen LogP contribution in [0.15, 0.2) is 16.9 Å². The molecule has 0 aromatic carbocycles. The van der Waals surface area contributed by atoms with Crippen molar-refractivity contribution in [3.05, 3.63) is 27.4 Å². The van der Waals surface area contributed by atoms with Crippen LogP contribution in [-0.4, -0.2) is 20.7 Å². The van der Waals surface area contributed by atoms with Gasteiger partial charge >= 0.3 is 0 Å². The Morgan fingerprint density at radius 2 is 2.33 bits per heavy atom. The zero-order chi connectivity index (χ0) is 13.1. The summed E-state index contributed by atoms with van der Waals surface area (Å²) >= 11 is 4.81. The summed E-state index contributed by atoms with van der Waals surface area (Å²) in [5, 5.41) is 7.55. The predicted molar refractivity (Wildman–Crippen MR) is 74.8 cm³/mol. The lowest BCUT2D eigenvalue weighted by atomic mass is 10.4. The second kappa shape index (κ2) is 5.62. The van der Waals surface area contributed by atoms with Crippen molar-refractivity contribution < 1.29 is 4.79 Å². The van der Waals surface area contributed by atoms with E-state index >= 15 is 0 Å². The fourth-order valence-electron chi connectivity index (χ4n) is 1.38. The third kappa shape index (κ3) is 3.39. The number of carbonyl (C=O) groups excluding carboxylic acids is 1. The van der Waals surface area contributed by atoms with E-state index in [0.29, 0.717) is 18.1 Å². The maximum absolute atomic E-state index is 11.7. The molecule has 0 bridgehead atoms. The second-order valence-electron chi connectivity index (χ2n) is 3.88. The summed E-state index contributed by atoms with van der Waals surface area (Å²) in [5.41, 5.74) is 0.964. The van der Waals surface area contributed by atoms with Crippen LogP contribution in [0.3, 0.4) is 0 Å². The summed E-state index contributed by atoms with van der Waals surface area (Å²) in [6, 6.07) is 0. The molecule has 0 aliphatic carbocycles. The van der Waals surface area contributed by atoms with E-state index in [1.807, 2.05) is 20.0 Å². The molecular weight excluding hydrogens is 316 g/mol. The van der Waals surface area contributed by atoms with E-state index in [2.05, 4.69) is 31.3 Å². The summed E-state index contributed by atoms with van der Waals surface area (Å²) in [6.07, 6.45) is 3.92. The Balaban J connectivity index is 1.85. The topological polar surface area (TPSA) is 59.8 Å². The van der Waals surface area contributed by atoms with Crippen molar-refractivity contribution in [3.8, 4) is 0 Å². The van der Waals surface area contributed by atoms with Crippen molar-refractivity contribution in [1.29, 1.82) is 0 Å². The SMILES string of the molecule is Cc1nc(NC(=O)CCn2cc(Br)cn2)sc1C. The molecule has 0 fully saturated rings. The van der Waals surface area contributed by atoms with Gasteiger partial charge in [0.1, 0.15) is 0 Å². The van der Waals surface area contributed by atoms with Crippen molar-refractivity contribution in [2.45, 2.75) is 26.8 Å². The van der Waals surface area contributed by atoms with E-state index in [0.717, 1.165) is 15.0 Å². The molecule has 0 unspecified atom stereocenters. The Morgan fingerprint density at radius 1 is 1.56 bits per heavy atom. The number of anilines is 1. The number of halogens is 1. The Bertz CT molecular complexity index is 544. The summed E-state index contributed by atoms with van der Waals surface area (Å²) < 4.78 is 2.64. The van der Waals surface area contributed by atoms with Gasteiger partial charge in [0.05, 0.1) is 16.4 Å². The maximum Gasteiger partial charge on any atom is 0.228 e. The van der Waals surface area contributed by atoms with Gasteiger partial charge in [0.25, 0.3) is 0 Å². The molecule has 2 heterocycles. The Morgan fingerprint density at radius 3 is 2.89 bits per heavy atom. The summed E-state index contributed by atoms with van der Waals surface area (Å²) in [6.45, 7) is 4.48. The average Bonchev–Trinajstić information content (AvgIpc) is 2.84. The van der Waals surface area contributed by atoms with Crippen molar-refractivity contribution >= 4 is 38.3 Å². The first-order valence-electron chi connectivity index (χ1n) is 5.46. The molecule has 2 aromatic rings. The van der Waals surface area contributed by atoms with Gasteiger partial charge < -0.3 is 5.32 Å². The molecule has 0 aliphatic rings. The van der Waals surface area contributed by atoms with E-state index in [1.54, 1.807) is 10.9 Å². The molecule has 0 atom stereocenters. The van der Waals surface area contributed by atoms with Gasteiger partial charge in [0.2, 0.25) is 5.91 Å². The molecule has 2 rings (SSSR count). The molecule has 0 aliphatic heterocycles. The number of carbonyl (C=O) groups is 1. The summed E-state index contributed by atoms with van der Waals surface area (Å²) in [4.78, 5) is 17.1. The molecule has 0 spiro atoms. The number of hydrogen-bond acceptors (Lipinski definition) is 4. The van der Waals surface area contributed by atoms with E-state index in [1.165, 1.54) is 11.3 Å². The van der Waals surface area contributed by atoms with E-state index in [4.69, 9.17) is 0 Å². The van der Waals surface area contributed by atoms with Crippen LogP contribution in [0.25, 0.3) is 0 Å². The minimum atomic E-state index is -0.0460. The van der Waals surface area contributed by atoms with Gasteiger partial charge in [-0.05, 0) is 29.8 Å². The number of nitrogens with zero attached hydrogens (tertiary/aromatic N) is 3. The zero-order valence-electron chi connectivity index (χ0n) is 10.1. The molecule has 7 heteroatoms. The highest BCUT2D eigenvalue weighted by molar-refractivity contribution is 9.10. The number of rotatable bonds is 4. The molecule has 1 amide bonds. The van der Waals surface area contributed by atoms with Crippen LogP contribution >= 0.6 is 27.3 Å². The first kappa shape index (κ1) is 13.2. The maximum atomic E-state index is 11.7. The third-order valence-electron chi connectivity index (χ3n) is 2.44. The fourth-order valence-corrected chi connectivity index (χ4v) is 2.54. The highest BCUT2D eigenvalue weighted by atomic mass is 79.9. The standard InChI is InChI=1S/C11H13BrN4OS/c1-7-8(2)18-11(14-7)15-10(17)3-4-16-6-9(12)5-13-16/h5-6H,3-4H2,1-2H3,(H,14,15,17).